The third-order valence-electron chi connectivity index (χ3n) is 4.74. The van der Waals surface area contributed by atoms with Gasteiger partial charge >= 0.3 is 0 Å². The summed E-state index contributed by atoms with van der Waals surface area (Å²) in [6.07, 6.45) is 3.73. The number of nitrogens with one attached hydrogen (secondary N) is 1. The summed E-state index contributed by atoms with van der Waals surface area (Å²) in [5.74, 6) is 1.00. The van der Waals surface area contributed by atoms with Crippen LogP contribution in [-0.2, 0) is 11.3 Å². The fourth-order valence-electron chi connectivity index (χ4n) is 3.23. The van der Waals surface area contributed by atoms with E-state index in [4.69, 9.17) is 9.47 Å². The topological polar surface area (TPSA) is 95.9 Å². The number of hydrogen-bond acceptors (Lipinski definition) is 7. The van der Waals surface area contributed by atoms with Crippen molar-refractivity contribution < 1.29 is 14.6 Å². The van der Waals surface area contributed by atoms with E-state index in [0.29, 0.717) is 37.3 Å². The number of aromatic amines is 1. The smallest absolute Gasteiger partial charge is 0.229 e. The van der Waals surface area contributed by atoms with Gasteiger partial charge < -0.3 is 24.5 Å². The first-order valence-corrected chi connectivity index (χ1v) is 10.1. The summed E-state index contributed by atoms with van der Waals surface area (Å²) < 4.78 is 11.2. The molecule has 0 bridgehead atoms. The van der Waals surface area contributed by atoms with Gasteiger partial charge in [-0.25, -0.2) is 4.98 Å². The second-order valence-electron chi connectivity index (χ2n) is 7.96. The molecule has 8 heteroatoms. The van der Waals surface area contributed by atoms with Crippen molar-refractivity contribution in [1.82, 2.24) is 15.0 Å². The van der Waals surface area contributed by atoms with Crippen LogP contribution in [0.1, 0.15) is 25.1 Å². The van der Waals surface area contributed by atoms with Crippen molar-refractivity contribution in [3.8, 4) is 5.88 Å². The monoisotopic (exact) mass is 409 g/mol. The van der Waals surface area contributed by atoms with Crippen LogP contribution in [0.2, 0.25) is 0 Å². The minimum absolute atomic E-state index is 0.137. The molecule has 2 N–H and O–H groups in total. The number of hydrogen-bond donors (Lipinski definition) is 2. The molecule has 0 aliphatic carbocycles. The minimum Gasteiger partial charge on any atom is -0.474 e. The van der Waals surface area contributed by atoms with Crippen LogP contribution in [0, 0.1) is 0 Å². The van der Waals surface area contributed by atoms with Crippen LogP contribution in [0.3, 0.4) is 0 Å². The average Bonchev–Trinajstić information content (AvgIpc) is 3.16. The molecule has 1 aromatic carbocycles. The number of benzene rings is 1. The number of aliphatic imine (C=N–C) groups is 1. The molecular formula is C22H27N5O3. The van der Waals surface area contributed by atoms with Gasteiger partial charge in [0.15, 0.2) is 0 Å². The maximum atomic E-state index is 9.98. The van der Waals surface area contributed by atoms with Gasteiger partial charge in [-0.05, 0) is 25.5 Å². The molecule has 3 aromatic rings. The van der Waals surface area contributed by atoms with Crippen LogP contribution >= 0.6 is 0 Å². The van der Waals surface area contributed by atoms with Crippen molar-refractivity contribution >= 4 is 23.1 Å². The summed E-state index contributed by atoms with van der Waals surface area (Å²) in [6.45, 7) is 6.80. The number of para-hydroxylation sites is 1. The fourth-order valence-corrected chi connectivity index (χ4v) is 3.23. The van der Waals surface area contributed by atoms with Crippen LogP contribution in [-0.4, -0.2) is 64.8 Å². The Hall–Kier alpha value is -2.97. The van der Waals surface area contributed by atoms with E-state index in [1.54, 1.807) is 26.1 Å². The second kappa shape index (κ2) is 8.81. The van der Waals surface area contributed by atoms with Gasteiger partial charge in [0.05, 0.1) is 31.1 Å². The zero-order valence-corrected chi connectivity index (χ0v) is 17.3. The van der Waals surface area contributed by atoms with Crippen molar-refractivity contribution in [2.24, 2.45) is 4.99 Å². The third kappa shape index (κ3) is 5.14. The number of morpholine rings is 1. The SMILES string of the molecule is CC(C)(O)COc1cc(C=NCc2c[nH]c3ccccc23)nc(N2CCOCC2)n1. The molecule has 158 valence electrons. The molecule has 8 nitrogen and oxygen atoms in total. The molecule has 0 atom stereocenters. The molecule has 1 aliphatic heterocycles. The average molecular weight is 409 g/mol. The molecule has 30 heavy (non-hydrogen) atoms. The van der Waals surface area contributed by atoms with Gasteiger partial charge in [0.2, 0.25) is 11.8 Å². The molecule has 1 saturated heterocycles. The summed E-state index contributed by atoms with van der Waals surface area (Å²) in [4.78, 5) is 19.1. The first kappa shape index (κ1) is 20.3. The normalized spacial score (nSPS) is 15.2. The van der Waals surface area contributed by atoms with E-state index in [1.807, 2.05) is 24.4 Å². The summed E-state index contributed by atoms with van der Waals surface area (Å²) in [5.41, 5.74) is 1.94. The van der Waals surface area contributed by atoms with Gasteiger partial charge in [0.25, 0.3) is 0 Å². The third-order valence-corrected chi connectivity index (χ3v) is 4.74. The molecular weight excluding hydrogens is 382 g/mol. The van der Waals surface area contributed by atoms with Gasteiger partial charge in [-0.2, -0.15) is 4.98 Å². The van der Waals surface area contributed by atoms with Crippen molar-refractivity contribution in [3.63, 3.8) is 0 Å². The molecule has 0 amide bonds. The zero-order chi connectivity index (χ0) is 21.0. The Morgan fingerprint density at radius 1 is 1.27 bits per heavy atom. The number of aliphatic hydroxyl groups is 1. The number of H-pyrrole nitrogens is 1. The molecule has 0 saturated carbocycles. The Balaban J connectivity index is 1.54. The van der Waals surface area contributed by atoms with E-state index >= 15 is 0 Å². The Labute approximate surface area is 175 Å². The van der Waals surface area contributed by atoms with Crippen molar-refractivity contribution in [2.75, 3.05) is 37.8 Å². The lowest BCUT2D eigenvalue weighted by molar-refractivity contribution is 0.0268. The Kier molecular flexibility index (Phi) is 5.96. The highest BCUT2D eigenvalue weighted by Gasteiger charge is 2.18. The lowest BCUT2D eigenvalue weighted by Gasteiger charge is -2.27. The van der Waals surface area contributed by atoms with Gasteiger partial charge in [-0.15, -0.1) is 0 Å². The number of fused-ring (bicyclic) bond motifs is 1. The molecule has 2 aromatic heterocycles. The molecule has 0 radical (unpaired) electrons. The molecule has 1 aliphatic rings. The first-order valence-electron chi connectivity index (χ1n) is 10.1. The van der Waals surface area contributed by atoms with Gasteiger partial charge in [-0.1, -0.05) is 18.2 Å². The highest BCUT2D eigenvalue weighted by Crippen LogP contribution is 2.20. The maximum Gasteiger partial charge on any atom is 0.229 e. The summed E-state index contributed by atoms with van der Waals surface area (Å²) >= 11 is 0. The predicted molar refractivity (Wildman–Crippen MR) is 116 cm³/mol. The summed E-state index contributed by atoms with van der Waals surface area (Å²) in [7, 11) is 0. The maximum absolute atomic E-state index is 9.98. The largest absolute Gasteiger partial charge is 0.474 e. The van der Waals surface area contributed by atoms with E-state index in [9.17, 15) is 5.11 Å². The van der Waals surface area contributed by atoms with Crippen LogP contribution in [0.15, 0.2) is 41.5 Å². The fraction of sp³-hybridized carbons (Fsp3) is 0.409. The zero-order valence-electron chi connectivity index (χ0n) is 17.3. The second-order valence-corrected chi connectivity index (χ2v) is 7.96. The van der Waals surface area contributed by atoms with Gasteiger partial charge in [0, 0.05) is 42.5 Å². The highest BCUT2D eigenvalue weighted by atomic mass is 16.5. The molecule has 1 fully saturated rings. The minimum atomic E-state index is -0.951. The van der Waals surface area contributed by atoms with E-state index in [1.165, 1.54) is 5.39 Å². The summed E-state index contributed by atoms with van der Waals surface area (Å²) in [6, 6.07) is 9.91. The van der Waals surface area contributed by atoms with Crippen LogP contribution in [0.25, 0.3) is 10.9 Å². The van der Waals surface area contributed by atoms with Crippen LogP contribution in [0.5, 0.6) is 5.88 Å². The van der Waals surface area contributed by atoms with Gasteiger partial charge in [-0.3, -0.25) is 4.99 Å². The lowest BCUT2D eigenvalue weighted by atomic mass is 10.2. The van der Waals surface area contributed by atoms with E-state index in [-0.39, 0.29) is 6.61 Å². The Morgan fingerprint density at radius 2 is 2.07 bits per heavy atom. The van der Waals surface area contributed by atoms with Crippen LogP contribution in [0.4, 0.5) is 5.95 Å². The number of aromatic nitrogens is 3. The van der Waals surface area contributed by atoms with Crippen molar-refractivity contribution in [3.05, 3.63) is 47.8 Å². The quantitative estimate of drug-likeness (QED) is 0.583. The van der Waals surface area contributed by atoms with Crippen molar-refractivity contribution in [1.29, 1.82) is 0 Å². The molecule has 0 unspecified atom stereocenters. The number of rotatable bonds is 7. The Morgan fingerprint density at radius 3 is 2.87 bits per heavy atom. The molecule has 3 heterocycles. The molecule has 0 spiro atoms. The molecule has 4 rings (SSSR count). The number of anilines is 1. The van der Waals surface area contributed by atoms with E-state index < -0.39 is 5.60 Å². The highest BCUT2D eigenvalue weighted by molar-refractivity contribution is 5.83. The summed E-state index contributed by atoms with van der Waals surface area (Å²) in [5, 5.41) is 11.1. The van der Waals surface area contributed by atoms with E-state index in [2.05, 4.69) is 30.9 Å². The standard InChI is InChI=1S/C22H27N5O3/c1-22(2,28)15-30-20-11-17(25-21(26-20)27-7-9-29-10-8-27)14-23-12-16-13-24-19-6-4-3-5-18(16)19/h3-6,11,13-14,24,28H,7-10,12,15H2,1-2H3. The first-order chi connectivity index (χ1) is 14.5. The number of ether oxygens (including phenoxy) is 2. The predicted octanol–water partition coefficient (Wildman–Crippen LogP) is 2.56. The number of nitrogens with zero attached hydrogens (tertiary/aromatic N) is 4. The van der Waals surface area contributed by atoms with Gasteiger partial charge in [0.1, 0.15) is 6.61 Å². The lowest BCUT2D eigenvalue weighted by Crippen LogP contribution is -2.37. The van der Waals surface area contributed by atoms with Crippen molar-refractivity contribution in [2.45, 2.75) is 26.0 Å². The van der Waals surface area contributed by atoms with E-state index in [0.717, 1.165) is 24.2 Å². The Bertz CT molecular complexity index is 1020. The van der Waals surface area contributed by atoms with Crippen LogP contribution < -0.4 is 9.64 Å².